The van der Waals surface area contributed by atoms with Crippen molar-refractivity contribution < 1.29 is 9.21 Å². The van der Waals surface area contributed by atoms with E-state index in [1.807, 2.05) is 24.2 Å². The van der Waals surface area contributed by atoms with Gasteiger partial charge in [-0.15, -0.1) is 0 Å². The molecular weight excluding hydrogens is 268 g/mol. The van der Waals surface area contributed by atoms with Gasteiger partial charge in [0.05, 0.1) is 11.8 Å². The first-order valence-electron chi connectivity index (χ1n) is 7.09. The van der Waals surface area contributed by atoms with Gasteiger partial charge < -0.3 is 14.2 Å². The Hall–Kier alpha value is -2.37. The van der Waals surface area contributed by atoms with Crippen LogP contribution in [-0.2, 0) is 0 Å². The lowest BCUT2D eigenvalue weighted by molar-refractivity contribution is 0.0766. The first-order valence-corrected chi connectivity index (χ1v) is 7.09. The Bertz CT molecular complexity index is 595. The molecule has 0 aromatic carbocycles. The van der Waals surface area contributed by atoms with Crippen LogP contribution in [0.4, 0.5) is 5.95 Å². The Morgan fingerprint density at radius 1 is 1.19 bits per heavy atom. The number of rotatable bonds is 2. The smallest absolute Gasteiger partial charge is 0.257 e. The molecule has 1 aliphatic rings. The second kappa shape index (κ2) is 5.95. The minimum absolute atomic E-state index is 0.0235. The fourth-order valence-electron chi connectivity index (χ4n) is 2.44. The zero-order valence-corrected chi connectivity index (χ0v) is 12.0. The van der Waals surface area contributed by atoms with Gasteiger partial charge in [-0.25, -0.2) is 9.97 Å². The van der Waals surface area contributed by atoms with E-state index in [-0.39, 0.29) is 5.91 Å². The zero-order chi connectivity index (χ0) is 14.7. The van der Waals surface area contributed by atoms with Gasteiger partial charge in [-0.2, -0.15) is 0 Å². The van der Waals surface area contributed by atoms with Gasteiger partial charge in [0.15, 0.2) is 0 Å². The minimum Gasteiger partial charge on any atom is -0.472 e. The molecule has 0 unspecified atom stereocenters. The average Bonchev–Trinajstić information content (AvgIpc) is 2.92. The minimum atomic E-state index is 0.0235. The number of nitrogens with zero attached hydrogens (tertiary/aromatic N) is 4. The van der Waals surface area contributed by atoms with Crippen LogP contribution in [0.2, 0.25) is 0 Å². The van der Waals surface area contributed by atoms with E-state index in [0.717, 1.165) is 37.6 Å². The highest BCUT2D eigenvalue weighted by Crippen LogP contribution is 2.13. The lowest BCUT2D eigenvalue weighted by atomic mass is 10.3. The maximum absolute atomic E-state index is 12.3. The third-order valence-electron chi connectivity index (χ3n) is 3.60. The van der Waals surface area contributed by atoms with Crippen molar-refractivity contribution in [3.05, 3.63) is 42.1 Å². The maximum atomic E-state index is 12.3. The molecule has 2 aromatic heterocycles. The number of aryl methyl sites for hydroxylation is 1. The largest absolute Gasteiger partial charge is 0.472 e. The lowest BCUT2D eigenvalue weighted by Gasteiger charge is -2.21. The predicted octanol–water partition coefficient (Wildman–Crippen LogP) is 1.73. The van der Waals surface area contributed by atoms with E-state index in [0.29, 0.717) is 12.1 Å². The normalized spacial score (nSPS) is 15.9. The number of furan rings is 1. The Labute approximate surface area is 123 Å². The van der Waals surface area contributed by atoms with Crippen molar-refractivity contribution in [3.8, 4) is 0 Å². The van der Waals surface area contributed by atoms with E-state index in [4.69, 9.17) is 4.42 Å². The van der Waals surface area contributed by atoms with Crippen molar-refractivity contribution in [2.45, 2.75) is 13.3 Å². The molecule has 1 fully saturated rings. The first-order chi connectivity index (χ1) is 10.2. The van der Waals surface area contributed by atoms with Crippen LogP contribution in [-0.4, -0.2) is 47.0 Å². The van der Waals surface area contributed by atoms with Gasteiger partial charge in [0, 0.05) is 38.6 Å². The van der Waals surface area contributed by atoms with Crippen LogP contribution in [0.3, 0.4) is 0 Å². The molecular formula is C15H18N4O2. The fraction of sp³-hybridized carbons (Fsp3) is 0.400. The van der Waals surface area contributed by atoms with E-state index in [2.05, 4.69) is 14.9 Å². The first kappa shape index (κ1) is 13.6. The summed E-state index contributed by atoms with van der Waals surface area (Å²) in [5.74, 6) is 0.758. The number of hydrogen-bond acceptors (Lipinski definition) is 5. The quantitative estimate of drug-likeness (QED) is 0.841. The Morgan fingerprint density at radius 2 is 2.00 bits per heavy atom. The van der Waals surface area contributed by atoms with E-state index in [1.54, 1.807) is 6.07 Å². The number of amides is 1. The summed E-state index contributed by atoms with van der Waals surface area (Å²) in [7, 11) is 0. The van der Waals surface area contributed by atoms with Crippen LogP contribution in [0.5, 0.6) is 0 Å². The average molecular weight is 286 g/mol. The van der Waals surface area contributed by atoms with Crippen LogP contribution >= 0.6 is 0 Å². The van der Waals surface area contributed by atoms with Crippen molar-refractivity contribution in [1.29, 1.82) is 0 Å². The molecule has 0 N–H and O–H groups in total. The van der Waals surface area contributed by atoms with Gasteiger partial charge in [0.2, 0.25) is 5.95 Å². The monoisotopic (exact) mass is 286 g/mol. The zero-order valence-electron chi connectivity index (χ0n) is 12.0. The maximum Gasteiger partial charge on any atom is 0.257 e. The molecule has 0 aliphatic carbocycles. The number of anilines is 1. The SMILES string of the molecule is Cc1cnc(N2CCCN(C(=O)c3ccoc3)CC2)nc1. The number of hydrogen-bond donors (Lipinski definition) is 0. The van der Waals surface area contributed by atoms with Crippen LogP contribution in [0.15, 0.2) is 35.4 Å². The predicted molar refractivity (Wildman–Crippen MR) is 78.2 cm³/mol. The number of carbonyl (C=O) groups excluding carboxylic acids is 1. The molecule has 0 saturated carbocycles. The van der Waals surface area contributed by atoms with Crippen LogP contribution in [0, 0.1) is 6.92 Å². The van der Waals surface area contributed by atoms with E-state index in [9.17, 15) is 4.79 Å². The standard InChI is InChI=1S/C15H18N4O2/c1-12-9-16-15(17-10-12)19-5-2-4-18(6-7-19)14(20)13-3-8-21-11-13/h3,8-11H,2,4-7H2,1H3. The van der Waals surface area contributed by atoms with Gasteiger partial charge in [-0.05, 0) is 25.0 Å². The van der Waals surface area contributed by atoms with Crippen molar-refractivity contribution in [2.24, 2.45) is 0 Å². The van der Waals surface area contributed by atoms with Gasteiger partial charge in [-0.3, -0.25) is 4.79 Å². The van der Waals surface area contributed by atoms with E-state index < -0.39 is 0 Å². The molecule has 0 radical (unpaired) electrons. The summed E-state index contributed by atoms with van der Waals surface area (Å²) in [6.07, 6.45) is 7.57. The van der Waals surface area contributed by atoms with E-state index >= 15 is 0 Å². The van der Waals surface area contributed by atoms with Gasteiger partial charge in [0.1, 0.15) is 6.26 Å². The molecule has 2 aromatic rings. The van der Waals surface area contributed by atoms with Gasteiger partial charge in [-0.1, -0.05) is 0 Å². The summed E-state index contributed by atoms with van der Waals surface area (Å²) in [5.41, 5.74) is 1.65. The van der Waals surface area contributed by atoms with Crippen LogP contribution in [0.25, 0.3) is 0 Å². The summed E-state index contributed by atoms with van der Waals surface area (Å²) >= 11 is 0. The van der Waals surface area contributed by atoms with Crippen LogP contribution in [0.1, 0.15) is 22.3 Å². The lowest BCUT2D eigenvalue weighted by Crippen LogP contribution is -2.35. The molecule has 1 amide bonds. The third-order valence-corrected chi connectivity index (χ3v) is 3.60. The second-order valence-corrected chi connectivity index (χ2v) is 5.21. The van der Waals surface area contributed by atoms with Crippen LogP contribution < -0.4 is 4.90 Å². The molecule has 6 heteroatoms. The Balaban J connectivity index is 1.66. The molecule has 21 heavy (non-hydrogen) atoms. The highest BCUT2D eigenvalue weighted by atomic mass is 16.3. The van der Waals surface area contributed by atoms with Crippen molar-refractivity contribution in [1.82, 2.24) is 14.9 Å². The van der Waals surface area contributed by atoms with Crippen molar-refractivity contribution in [2.75, 3.05) is 31.1 Å². The topological polar surface area (TPSA) is 62.5 Å². The summed E-state index contributed by atoms with van der Waals surface area (Å²) in [6, 6.07) is 1.70. The molecule has 1 saturated heterocycles. The molecule has 3 heterocycles. The van der Waals surface area contributed by atoms with Crippen molar-refractivity contribution >= 4 is 11.9 Å². The fourth-order valence-corrected chi connectivity index (χ4v) is 2.44. The number of aromatic nitrogens is 2. The summed E-state index contributed by atoms with van der Waals surface area (Å²) in [5, 5.41) is 0. The van der Waals surface area contributed by atoms with Gasteiger partial charge >= 0.3 is 0 Å². The summed E-state index contributed by atoms with van der Waals surface area (Å²) < 4.78 is 4.98. The Kier molecular flexibility index (Phi) is 3.85. The number of carbonyl (C=O) groups is 1. The molecule has 6 nitrogen and oxygen atoms in total. The molecule has 0 atom stereocenters. The van der Waals surface area contributed by atoms with Gasteiger partial charge in [0.25, 0.3) is 5.91 Å². The summed E-state index contributed by atoms with van der Waals surface area (Å²) in [4.78, 5) is 25.0. The highest BCUT2D eigenvalue weighted by molar-refractivity contribution is 5.93. The molecule has 0 spiro atoms. The molecule has 0 bridgehead atoms. The molecule has 3 rings (SSSR count). The van der Waals surface area contributed by atoms with E-state index in [1.165, 1.54) is 12.5 Å². The molecule has 1 aliphatic heterocycles. The molecule has 110 valence electrons. The highest BCUT2D eigenvalue weighted by Gasteiger charge is 2.21. The summed E-state index contributed by atoms with van der Waals surface area (Å²) in [6.45, 7) is 4.98. The second-order valence-electron chi connectivity index (χ2n) is 5.21. The Morgan fingerprint density at radius 3 is 2.71 bits per heavy atom. The van der Waals surface area contributed by atoms with Crippen molar-refractivity contribution in [3.63, 3.8) is 0 Å². The third kappa shape index (κ3) is 3.04.